The standard InChI is InChI=1S/C33H36ClFN6O5/c1-44-32-37-30-24(13-36-29(28(30)35)23-11-22(42)12-25(34)27(23)19-4-5-19)31(38-32)39-9-10-41(33(16-39)17-46-18-33)26(43)3-2-8-40-20-6-7-21(40)15-45-14-20/h2-3,11-13,19-21,42H,4-10,14-18H2,1H3/b3-2+/t20-,21+. The normalized spacial score (nSPS) is 24.2. The van der Waals surface area contributed by atoms with Gasteiger partial charge < -0.3 is 29.1 Å². The van der Waals surface area contributed by atoms with E-state index in [-0.39, 0.29) is 34.8 Å². The zero-order valence-corrected chi connectivity index (χ0v) is 26.4. The van der Waals surface area contributed by atoms with Crippen molar-refractivity contribution in [2.75, 3.05) is 64.6 Å². The van der Waals surface area contributed by atoms with Crippen LogP contribution >= 0.6 is 11.6 Å². The first kappa shape index (κ1) is 29.8. The van der Waals surface area contributed by atoms with Gasteiger partial charge in [0.25, 0.3) is 0 Å². The molecular formula is C33H36ClFN6O5. The molecule has 5 aliphatic rings. The van der Waals surface area contributed by atoms with Crippen molar-refractivity contribution < 1.29 is 28.5 Å². The van der Waals surface area contributed by atoms with Crippen LogP contribution in [-0.2, 0) is 14.3 Å². The molecule has 2 aromatic heterocycles. The maximum absolute atomic E-state index is 16.4. The highest BCUT2D eigenvalue weighted by atomic mass is 35.5. The fourth-order valence-corrected chi connectivity index (χ4v) is 7.96. The van der Waals surface area contributed by atoms with Crippen LogP contribution in [-0.4, -0.2) is 113 Å². The van der Waals surface area contributed by atoms with E-state index in [9.17, 15) is 9.90 Å². The van der Waals surface area contributed by atoms with Gasteiger partial charge in [-0.2, -0.15) is 9.97 Å². The molecule has 2 bridgehead atoms. The molecule has 5 fully saturated rings. The number of nitrogens with zero attached hydrogens (tertiary/aromatic N) is 6. The Kier molecular flexibility index (Phi) is 7.51. The second kappa shape index (κ2) is 11.6. The Morgan fingerprint density at radius 3 is 2.63 bits per heavy atom. The molecular weight excluding hydrogens is 615 g/mol. The van der Waals surface area contributed by atoms with Crippen molar-refractivity contribution in [2.24, 2.45) is 0 Å². The number of methoxy groups -OCH3 is 1. The lowest BCUT2D eigenvalue weighted by atomic mass is 9.91. The average Bonchev–Trinajstić information content (AvgIpc) is 3.85. The summed E-state index contributed by atoms with van der Waals surface area (Å²) >= 11 is 6.51. The zero-order valence-electron chi connectivity index (χ0n) is 25.6. The summed E-state index contributed by atoms with van der Waals surface area (Å²) in [7, 11) is 1.44. The minimum Gasteiger partial charge on any atom is -0.508 e. The molecule has 3 aromatic rings. The molecule has 6 heterocycles. The molecule has 1 N–H and O–H groups in total. The van der Waals surface area contributed by atoms with Crippen LogP contribution in [0.25, 0.3) is 22.2 Å². The summed E-state index contributed by atoms with van der Waals surface area (Å²) in [6.07, 6.45) is 9.41. The highest BCUT2D eigenvalue weighted by molar-refractivity contribution is 6.32. The van der Waals surface area contributed by atoms with Gasteiger partial charge in [0.05, 0.1) is 38.9 Å². The monoisotopic (exact) mass is 650 g/mol. The predicted octanol–water partition coefficient (Wildman–Crippen LogP) is 3.91. The number of morpholine rings is 1. The van der Waals surface area contributed by atoms with E-state index in [0.717, 1.165) is 51.0 Å². The number of aromatic nitrogens is 3. The van der Waals surface area contributed by atoms with Gasteiger partial charge in [-0.05, 0) is 49.3 Å². The molecule has 0 radical (unpaired) electrons. The molecule has 1 amide bonds. The van der Waals surface area contributed by atoms with Crippen molar-refractivity contribution in [3.8, 4) is 23.0 Å². The number of halogens is 2. The summed E-state index contributed by atoms with van der Waals surface area (Å²) in [5.41, 5.74) is 0.829. The number of amides is 1. The van der Waals surface area contributed by atoms with Crippen LogP contribution in [0.5, 0.6) is 11.8 Å². The third-order valence-electron chi connectivity index (χ3n) is 10.1. The number of phenols is 1. The van der Waals surface area contributed by atoms with Gasteiger partial charge in [-0.3, -0.25) is 14.7 Å². The highest BCUT2D eigenvalue weighted by Crippen LogP contribution is 2.49. The lowest BCUT2D eigenvalue weighted by Crippen LogP contribution is -2.72. The first-order chi connectivity index (χ1) is 22.3. The lowest BCUT2D eigenvalue weighted by molar-refractivity contribution is -0.164. The van der Waals surface area contributed by atoms with Gasteiger partial charge in [0.15, 0.2) is 5.82 Å². The first-order valence-corrected chi connectivity index (χ1v) is 16.3. The summed E-state index contributed by atoms with van der Waals surface area (Å²) in [4.78, 5) is 33.5. The van der Waals surface area contributed by atoms with Crippen LogP contribution < -0.4 is 9.64 Å². The third-order valence-corrected chi connectivity index (χ3v) is 10.4. The van der Waals surface area contributed by atoms with E-state index in [1.807, 2.05) is 15.9 Å². The molecule has 4 aliphatic heterocycles. The molecule has 0 unspecified atom stereocenters. The molecule has 13 heteroatoms. The van der Waals surface area contributed by atoms with Crippen LogP contribution in [0.15, 0.2) is 30.5 Å². The van der Waals surface area contributed by atoms with E-state index in [1.54, 1.807) is 12.3 Å². The number of pyridine rings is 1. The number of piperazine rings is 1. The Morgan fingerprint density at radius 2 is 1.93 bits per heavy atom. The van der Waals surface area contributed by atoms with E-state index in [0.29, 0.717) is 66.7 Å². The maximum atomic E-state index is 16.4. The van der Waals surface area contributed by atoms with E-state index in [4.69, 9.17) is 25.8 Å². The van der Waals surface area contributed by atoms with Gasteiger partial charge >= 0.3 is 6.01 Å². The Morgan fingerprint density at radius 1 is 1.15 bits per heavy atom. The van der Waals surface area contributed by atoms with E-state index >= 15 is 4.39 Å². The van der Waals surface area contributed by atoms with Crippen LogP contribution in [0, 0.1) is 5.82 Å². The summed E-state index contributed by atoms with van der Waals surface area (Å²) in [5.74, 6) is -0.0673. The van der Waals surface area contributed by atoms with Gasteiger partial charge in [0.2, 0.25) is 5.91 Å². The minimum absolute atomic E-state index is 0.0207. The molecule has 8 rings (SSSR count). The van der Waals surface area contributed by atoms with Gasteiger partial charge in [-0.25, -0.2) is 4.39 Å². The Balaban J connectivity index is 1.07. The van der Waals surface area contributed by atoms with Crippen LogP contribution in [0.3, 0.4) is 0 Å². The quantitative estimate of drug-likeness (QED) is 0.378. The number of carbonyl (C=O) groups is 1. The molecule has 46 heavy (non-hydrogen) atoms. The van der Waals surface area contributed by atoms with Crippen LogP contribution in [0.4, 0.5) is 10.2 Å². The topological polar surface area (TPSA) is 113 Å². The molecule has 1 spiro atoms. The number of anilines is 1. The molecule has 1 saturated carbocycles. The molecule has 4 saturated heterocycles. The molecule has 11 nitrogen and oxygen atoms in total. The van der Waals surface area contributed by atoms with Crippen molar-refractivity contribution in [3.05, 3.63) is 46.9 Å². The largest absolute Gasteiger partial charge is 0.508 e. The Hall–Kier alpha value is -3.58. The third kappa shape index (κ3) is 5.06. The Bertz CT molecular complexity index is 1720. The second-order valence-corrected chi connectivity index (χ2v) is 13.4. The summed E-state index contributed by atoms with van der Waals surface area (Å²) in [6.45, 7) is 4.42. The minimum atomic E-state index is -0.641. The first-order valence-electron chi connectivity index (χ1n) is 15.9. The van der Waals surface area contributed by atoms with Crippen molar-refractivity contribution >= 4 is 34.2 Å². The Labute approximate surface area is 270 Å². The molecule has 2 atom stereocenters. The fourth-order valence-electron chi connectivity index (χ4n) is 7.59. The predicted molar refractivity (Wildman–Crippen MR) is 169 cm³/mol. The number of fused-ring (bicyclic) bond motifs is 3. The highest BCUT2D eigenvalue weighted by Gasteiger charge is 2.50. The van der Waals surface area contributed by atoms with Crippen molar-refractivity contribution in [1.82, 2.24) is 24.8 Å². The number of hydrogen-bond donors (Lipinski definition) is 1. The number of hydrogen-bond acceptors (Lipinski definition) is 10. The average molecular weight is 651 g/mol. The number of phenolic OH excluding ortho intramolecular Hbond substituents is 1. The van der Waals surface area contributed by atoms with Crippen LogP contribution in [0.1, 0.15) is 37.2 Å². The maximum Gasteiger partial charge on any atom is 0.318 e. The van der Waals surface area contributed by atoms with Gasteiger partial charge in [0, 0.05) is 61.1 Å². The summed E-state index contributed by atoms with van der Waals surface area (Å²) in [5, 5.41) is 11.1. The van der Waals surface area contributed by atoms with Crippen molar-refractivity contribution in [3.63, 3.8) is 0 Å². The number of aromatic hydroxyl groups is 1. The molecule has 242 valence electrons. The van der Waals surface area contributed by atoms with Crippen LogP contribution in [0.2, 0.25) is 5.02 Å². The van der Waals surface area contributed by atoms with Gasteiger partial charge in [0.1, 0.15) is 28.3 Å². The van der Waals surface area contributed by atoms with Gasteiger partial charge in [-0.15, -0.1) is 0 Å². The van der Waals surface area contributed by atoms with Crippen molar-refractivity contribution in [1.29, 1.82) is 0 Å². The fraction of sp³-hybridized carbons (Fsp3) is 0.515. The molecule has 1 aliphatic carbocycles. The summed E-state index contributed by atoms with van der Waals surface area (Å²) in [6, 6.07) is 3.87. The summed E-state index contributed by atoms with van der Waals surface area (Å²) < 4.78 is 33.2. The SMILES string of the molecule is COc1nc(N2CCN(C(=O)/C=C/CN3[C@@H]4CC[C@H]3COC4)C3(COC3)C2)c2cnc(-c3cc(O)cc(Cl)c3C3CC3)c(F)c2n1. The number of benzene rings is 1. The van der Waals surface area contributed by atoms with Gasteiger partial charge in [-0.1, -0.05) is 17.7 Å². The van der Waals surface area contributed by atoms with E-state index in [2.05, 4.69) is 19.9 Å². The molecule has 1 aromatic carbocycles. The number of carbonyl (C=O) groups excluding carboxylic acids is 1. The second-order valence-electron chi connectivity index (χ2n) is 13.0. The lowest BCUT2D eigenvalue weighted by Gasteiger charge is -2.55. The van der Waals surface area contributed by atoms with E-state index in [1.165, 1.54) is 19.2 Å². The zero-order chi connectivity index (χ0) is 31.6. The number of ether oxygens (including phenoxy) is 3. The number of rotatable bonds is 7. The van der Waals surface area contributed by atoms with E-state index < -0.39 is 11.4 Å². The smallest absolute Gasteiger partial charge is 0.318 e. The van der Waals surface area contributed by atoms with Crippen molar-refractivity contribution in [2.45, 2.75) is 49.2 Å².